The number of carbonyl (C=O) groups excluding carboxylic acids is 4. The number of amides is 4. The van der Waals surface area contributed by atoms with Crippen molar-refractivity contribution in [1.82, 2.24) is 20.4 Å². The largest absolute Gasteiger partial charge is 0.465 e. The van der Waals surface area contributed by atoms with Gasteiger partial charge >= 0.3 is 12.0 Å². The lowest BCUT2D eigenvalue weighted by molar-refractivity contribution is -0.139. The first kappa shape index (κ1) is 23.1. The van der Waals surface area contributed by atoms with Crippen LogP contribution >= 0.6 is 23.1 Å². The monoisotopic (exact) mass is 443 g/mol. The lowest BCUT2D eigenvalue weighted by Gasteiger charge is -2.25. The normalized spacial score (nSPS) is 15.3. The molecular weight excluding hydrogens is 418 g/mol. The van der Waals surface area contributed by atoms with E-state index in [0.29, 0.717) is 23.8 Å². The summed E-state index contributed by atoms with van der Waals surface area (Å²) in [7, 11) is 0. The van der Waals surface area contributed by atoms with Crippen LogP contribution in [0.5, 0.6) is 0 Å². The third-order valence-corrected chi connectivity index (χ3v) is 6.12. The lowest BCUT2D eigenvalue weighted by atomic mass is 9.88. The number of nitrogens with one attached hydrogen (secondary N) is 2. The molecule has 0 atom stereocenters. The van der Waals surface area contributed by atoms with E-state index in [0.717, 1.165) is 40.8 Å². The van der Waals surface area contributed by atoms with Crippen molar-refractivity contribution in [3.05, 3.63) is 0 Å². The van der Waals surface area contributed by atoms with E-state index in [-0.39, 0.29) is 22.8 Å². The SMILES string of the molecule is CCCC1(CCC)NC(=O)N(CC(=O)Nc2nnc(SCC(=O)OCC)s2)C1=O. The zero-order chi connectivity index (χ0) is 21.4. The summed E-state index contributed by atoms with van der Waals surface area (Å²) in [5.74, 6) is -1.19. The molecule has 1 saturated heterocycles. The molecule has 160 valence electrons. The fourth-order valence-electron chi connectivity index (χ4n) is 3.08. The Kier molecular flexibility index (Phi) is 8.38. The Bertz CT molecular complexity index is 763. The van der Waals surface area contributed by atoms with Crippen molar-refractivity contribution in [3.8, 4) is 0 Å². The van der Waals surface area contributed by atoms with Gasteiger partial charge in [-0.2, -0.15) is 0 Å². The van der Waals surface area contributed by atoms with Crippen molar-refractivity contribution in [2.45, 2.75) is 56.3 Å². The standard InChI is InChI=1S/C17H25N5O5S2/c1-4-7-17(8-5-2)13(25)22(15(26)19-17)9-11(23)18-14-20-21-16(29-14)28-10-12(24)27-6-3/h4-10H2,1-3H3,(H,19,26)(H,18,20,23). The lowest BCUT2D eigenvalue weighted by Crippen LogP contribution is -2.47. The molecule has 0 bridgehead atoms. The minimum atomic E-state index is -0.930. The molecule has 1 fully saturated rings. The number of imide groups is 1. The average molecular weight is 444 g/mol. The first-order chi connectivity index (χ1) is 13.8. The molecule has 12 heteroatoms. The first-order valence-corrected chi connectivity index (χ1v) is 11.2. The second kappa shape index (κ2) is 10.5. The van der Waals surface area contributed by atoms with Crippen LogP contribution in [0.2, 0.25) is 0 Å². The van der Waals surface area contributed by atoms with Gasteiger partial charge in [0.25, 0.3) is 5.91 Å². The number of anilines is 1. The molecule has 0 spiro atoms. The van der Waals surface area contributed by atoms with Gasteiger partial charge in [-0.1, -0.05) is 49.8 Å². The summed E-state index contributed by atoms with van der Waals surface area (Å²) in [6, 6.07) is -0.560. The third kappa shape index (κ3) is 5.89. The molecule has 1 aromatic heterocycles. The number of thioether (sulfide) groups is 1. The Morgan fingerprint density at radius 1 is 1.21 bits per heavy atom. The van der Waals surface area contributed by atoms with Crippen LogP contribution in [0.4, 0.5) is 9.93 Å². The minimum Gasteiger partial charge on any atom is -0.465 e. The van der Waals surface area contributed by atoms with Crippen LogP contribution in [-0.2, 0) is 19.1 Å². The van der Waals surface area contributed by atoms with Gasteiger partial charge in [-0.25, -0.2) is 4.79 Å². The third-order valence-electron chi connectivity index (χ3n) is 4.17. The van der Waals surface area contributed by atoms with E-state index in [4.69, 9.17) is 4.74 Å². The number of carbonyl (C=O) groups is 4. The molecule has 1 aliphatic rings. The molecule has 0 aromatic carbocycles. The van der Waals surface area contributed by atoms with Crippen LogP contribution in [0.25, 0.3) is 0 Å². The predicted octanol–water partition coefficient (Wildman–Crippen LogP) is 2.02. The number of aromatic nitrogens is 2. The molecule has 1 aromatic rings. The van der Waals surface area contributed by atoms with Gasteiger partial charge in [0.15, 0.2) is 4.34 Å². The van der Waals surface area contributed by atoms with Crippen LogP contribution in [0.3, 0.4) is 0 Å². The van der Waals surface area contributed by atoms with Gasteiger partial charge in [0, 0.05) is 0 Å². The number of ether oxygens (including phenoxy) is 1. The van der Waals surface area contributed by atoms with Crippen molar-refractivity contribution in [3.63, 3.8) is 0 Å². The van der Waals surface area contributed by atoms with Crippen molar-refractivity contribution in [2.24, 2.45) is 0 Å². The molecule has 0 saturated carbocycles. The second-order valence-corrected chi connectivity index (χ2v) is 8.62. The van der Waals surface area contributed by atoms with Crippen LogP contribution in [0.1, 0.15) is 46.5 Å². The molecule has 0 unspecified atom stereocenters. The summed E-state index contributed by atoms with van der Waals surface area (Å²) in [6.45, 7) is 5.52. The number of hydrogen-bond donors (Lipinski definition) is 2. The highest BCUT2D eigenvalue weighted by atomic mass is 32.2. The van der Waals surface area contributed by atoms with Gasteiger partial charge in [0.1, 0.15) is 12.1 Å². The fourth-order valence-corrected chi connectivity index (χ4v) is 4.65. The maximum atomic E-state index is 12.8. The van der Waals surface area contributed by atoms with Gasteiger partial charge in [-0.15, -0.1) is 10.2 Å². The molecule has 0 radical (unpaired) electrons. The molecule has 29 heavy (non-hydrogen) atoms. The maximum Gasteiger partial charge on any atom is 0.325 e. The first-order valence-electron chi connectivity index (χ1n) is 9.41. The topological polar surface area (TPSA) is 131 Å². The number of nitrogens with zero attached hydrogens (tertiary/aromatic N) is 3. The molecule has 10 nitrogen and oxygen atoms in total. The van der Waals surface area contributed by atoms with Crippen LogP contribution in [0, 0.1) is 0 Å². The second-order valence-electron chi connectivity index (χ2n) is 6.42. The van der Waals surface area contributed by atoms with Gasteiger partial charge in [-0.3, -0.25) is 24.6 Å². The molecule has 2 rings (SSSR count). The Morgan fingerprint density at radius 3 is 2.52 bits per heavy atom. The van der Waals surface area contributed by atoms with E-state index in [1.54, 1.807) is 6.92 Å². The van der Waals surface area contributed by atoms with Crippen LogP contribution < -0.4 is 10.6 Å². The van der Waals surface area contributed by atoms with Crippen LogP contribution in [0.15, 0.2) is 4.34 Å². The number of esters is 1. The zero-order valence-electron chi connectivity index (χ0n) is 16.6. The number of rotatable bonds is 11. The smallest absolute Gasteiger partial charge is 0.325 e. The molecule has 1 aliphatic heterocycles. The predicted molar refractivity (Wildman–Crippen MR) is 109 cm³/mol. The molecular formula is C17H25N5O5S2. The quantitative estimate of drug-likeness (QED) is 0.230. The molecule has 2 heterocycles. The van der Waals surface area contributed by atoms with Gasteiger partial charge in [-0.05, 0) is 19.8 Å². The Balaban J connectivity index is 1.93. The van der Waals surface area contributed by atoms with Crippen molar-refractivity contribution in [1.29, 1.82) is 0 Å². The highest BCUT2D eigenvalue weighted by Crippen LogP contribution is 2.28. The van der Waals surface area contributed by atoms with Gasteiger partial charge in [0.05, 0.1) is 12.4 Å². The summed E-state index contributed by atoms with van der Waals surface area (Å²) >= 11 is 2.25. The number of hydrogen-bond acceptors (Lipinski definition) is 9. The maximum absolute atomic E-state index is 12.8. The summed E-state index contributed by atoms with van der Waals surface area (Å²) in [5, 5.41) is 13.2. The molecule has 4 amide bonds. The molecule has 2 N–H and O–H groups in total. The van der Waals surface area contributed by atoms with E-state index < -0.39 is 24.0 Å². The summed E-state index contributed by atoms with van der Waals surface area (Å²) in [4.78, 5) is 49.7. The van der Waals surface area contributed by atoms with E-state index in [2.05, 4.69) is 20.8 Å². The van der Waals surface area contributed by atoms with Gasteiger partial charge < -0.3 is 10.1 Å². The van der Waals surface area contributed by atoms with Gasteiger partial charge in [0.2, 0.25) is 11.0 Å². The van der Waals surface area contributed by atoms with Crippen molar-refractivity contribution >= 4 is 52.0 Å². The Morgan fingerprint density at radius 2 is 1.90 bits per heavy atom. The Hall–Kier alpha value is -2.21. The number of urea groups is 1. The van der Waals surface area contributed by atoms with Crippen molar-refractivity contribution < 1.29 is 23.9 Å². The average Bonchev–Trinajstić information content (AvgIpc) is 3.19. The summed E-state index contributed by atoms with van der Waals surface area (Å²) < 4.78 is 5.33. The zero-order valence-corrected chi connectivity index (χ0v) is 18.3. The van der Waals surface area contributed by atoms with Crippen molar-refractivity contribution in [2.75, 3.05) is 24.2 Å². The van der Waals surface area contributed by atoms with E-state index in [1.807, 2.05) is 13.8 Å². The Labute approximate surface area is 177 Å². The summed E-state index contributed by atoms with van der Waals surface area (Å²) in [6.07, 6.45) is 2.54. The minimum absolute atomic E-state index is 0.0931. The van der Waals surface area contributed by atoms with E-state index in [1.165, 1.54) is 0 Å². The molecule has 0 aliphatic carbocycles. The highest BCUT2D eigenvalue weighted by Gasteiger charge is 2.50. The highest BCUT2D eigenvalue weighted by molar-refractivity contribution is 8.01. The fraction of sp³-hybridized carbons (Fsp3) is 0.647. The summed E-state index contributed by atoms with van der Waals surface area (Å²) in [5.41, 5.74) is -0.930. The van der Waals surface area contributed by atoms with E-state index in [9.17, 15) is 19.2 Å². The van der Waals surface area contributed by atoms with E-state index >= 15 is 0 Å². The van der Waals surface area contributed by atoms with Crippen LogP contribution in [-0.4, -0.2) is 63.4 Å².